The van der Waals surface area contributed by atoms with E-state index in [1.54, 1.807) is 12.4 Å². The number of anilines is 1. The van der Waals surface area contributed by atoms with Gasteiger partial charge in [-0.25, -0.2) is 9.97 Å². The van der Waals surface area contributed by atoms with E-state index in [0.717, 1.165) is 33.1 Å². The number of nitrogen functional groups attached to an aromatic ring is 1. The standard InChI is InChI=1S/C15H11N5S/c16-12-8-18-15(21-12)9-4-3-6-10-13(9)20-14(19-10)11-5-1-2-7-17-11/h1-8H,16H2,(H,19,20). The van der Waals surface area contributed by atoms with Gasteiger partial charge in [-0.3, -0.25) is 4.98 Å². The van der Waals surface area contributed by atoms with Gasteiger partial charge in [-0.05, 0) is 24.3 Å². The van der Waals surface area contributed by atoms with Gasteiger partial charge in [0.25, 0.3) is 0 Å². The number of para-hydroxylation sites is 1. The van der Waals surface area contributed by atoms with Gasteiger partial charge in [0.1, 0.15) is 15.7 Å². The Bertz CT molecular complexity index is 910. The van der Waals surface area contributed by atoms with E-state index in [1.165, 1.54) is 11.3 Å². The van der Waals surface area contributed by atoms with Crippen LogP contribution in [0.5, 0.6) is 0 Å². The van der Waals surface area contributed by atoms with Crippen LogP contribution in [-0.4, -0.2) is 19.9 Å². The number of thiazole rings is 1. The van der Waals surface area contributed by atoms with Crippen LogP contribution in [0.2, 0.25) is 0 Å². The zero-order chi connectivity index (χ0) is 14.2. The summed E-state index contributed by atoms with van der Waals surface area (Å²) in [5.41, 5.74) is 9.41. The van der Waals surface area contributed by atoms with Crippen molar-refractivity contribution in [1.29, 1.82) is 0 Å². The Morgan fingerprint density at radius 2 is 2.00 bits per heavy atom. The van der Waals surface area contributed by atoms with Gasteiger partial charge < -0.3 is 10.7 Å². The van der Waals surface area contributed by atoms with Crippen LogP contribution in [-0.2, 0) is 0 Å². The molecule has 5 nitrogen and oxygen atoms in total. The Labute approximate surface area is 124 Å². The molecule has 0 aliphatic rings. The summed E-state index contributed by atoms with van der Waals surface area (Å²) in [6, 6.07) is 11.7. The van der Waals surface area contributed by atoms with E-state index < -0.39 is 0 Å². The van der Waals surface area contributed by atoms with Gasteiger partial charge in [0.15, 0.2) is 5.82 Å². The maximum Gasteiger partial charge on any atom is 0.157 e. The summed E-state index contributed by atoms with van der Waals surface area (Å²) in [4.78, 5) is 16.6. The molecule has 3 aromatic heterocycles. The van der Waals surface area contributed by atoms with E-state index in [1.807, 2.05) is 36.4 Å². The lowest BCUT2D eigenvalue weighted by molar-refractivity contribution is 1.24. The fourth-order valence-corrected chi connectivity index (χ4v) is 2.95. The van der Waals surface area contributed by atoms with Crippen LogP contribution in [0.15, 0.2) is 48.8 Å². The van der Waals surface area contributed by atoms with Gasteiger partial charge >= 0.3 is 0 Å². The lowest BCUT2D eigenvalue weighted by Crippen LogP contribution is -1.83. The van der Waals surface area contributed by atoms with E-state index in [4.69, 9.17) is 5.73 Å². The summed E-state index contributed by atoms with van der Waals surface area (Å²) in [7, 11) is 0. The van der Waals surface area contributed by atoms with Crippen molar-refractivity contribution < 1.29 is 0 Å². The molecular formula is C15H11N5S. The molecular weight excluding hydrogens is 282 g/mol. The monoisotopic (exact) mass is 293 g/mol. The number of aromatic amines is 1. The molecule has 102 valence electrons. The molecule has 0 saturated carbocycles. The van der Waals surface area contributed by atoms with Gasteiger partial charge in [0, 0.05) is 11.8 Å². The molecule has 0 aliphatic carbocycles. The highest BCUT2D eigenvalue weighted by Gasteiger charge is 2.12. The van der Waals surface area contributed by atoms with Crippen LogP contribution in [0.4, 0.5) is 5.00 Å². The number of H-pyrrole nitrogens is 1. The maximum atomic E-state index is 5.77. The molecule has 0 spiro atoms. The summed E-state index contributed by atoms with van der Waals surface area (Å²) in [5, 5.41) is 1.57. The SMILES string of the molecule is Nc1cnc(-c2cccc3[nH]c(-c4ccccn4)nc23)s1. The third kappa shape index (κ3) is 2.05. The van der Waals surface area contributed by atoms with Crippen molar-refractivity contribution in [1.82, 2.24) is 19.9 Å². The quantitative estimate of drug-likeness (QED) is 0.594. The summed E-state index contributed by atoms with van der Waals surface area (Å²) in [6.45, 7) is 0. The zero-order valence-corrected chi connectivity index (χ0v) is 11.8. The molecule has 0 radical (unpaired) electrons. The predicted molar refractivity (Wildman–Crippen MR) is 84.8 cm³/mol. The Balaban J connectivity index is 1.92. The van der Waals surface area contributed by atoms with Crippen LogP contribution >= 0.6 is 11.3 Å². The fourth-order valence-electron chi connectivity index (χ4n) is 2.24. The summed E-state index contributed by atoms with van der Waals surface area (Å²) >= 11 is 1.46. The van der Waals surface area contributed by atoms with E-state index in [0.29, 0.717) is 5.00 Å². The number of hydrogen-bond donors (Lipinski definition) is 2. The van der Waals surface area contributed by atoms with Crippen LogP contribution in [0.1, 0.15) is 0 Å². The topological polar surface area (TPSA) is 80.5 Å². The molecule has 3 heterocycles. The minimum Gasteiger partial charge on any atom is -0.389 e. The number of pyridine rings is 1. The first-order valence-corrected chi connectivity index (χ1v) is 7.25. The van der Waals surface area contributed by atoms with Crippen molar-refractivity contribution in [2.45, 2.75) is 0 Å². The van der Waals surface area contributed by atoms with Crippen LogP contribution in [0, 0.1) is 0 Å². The minimum absolute atomic E-state index is 0.697. The molecule has 1 aromatic carbocycles. The lowest BCUT2D eigenvalue weighted by atomic mass is 10.2. The number of aromatic nitrogens is 4. The number of imidazole rings is 1. The fraction of sp³-hybridized carbons (Fsp3) is 0. The third-order valence-corrected chi connectivity index (χ3v) is 4.03. The van der Waals surface area contributed by atoms with E-state index >= 15 is 0 Å². The first kappa shape index (κ1) is 12.0. The molecule has 21 heavy (non-hydrogen) atoms. The summed E-state index contributed by atoms with van der Waals surface area (Å²) in [5.74, 6) is 0.752. The first-order chi connectivity index (χ1) is 10.3. The zero-order valence-electron chi connectivity index (χ0n) is 10.9. The lowest BCUT2D eigenvalue weighted by Gasteiger charge is -1.96. The van der Waals surface area contributed by atoms with Gasteiger partial charge in [0.2, 0.25) is 0 Å². The second-order valence-corrected chi connectivity index (χ2v) is 5.63. The van der Waals surface area contributed by atoms with Gasteiger partial charge in [-0.15, -0.1) is 0 Å². The average molecular weight is 293 g/mol. The van der Waals surface area contributed by atoms with Gasteiger partial charge in [0.05, 0.1) is 17.2 Å². The second-order valence-electron chi connectivity index (χ2n) is 4.57. The predicted octanol–water partition coefficient (Wildman–Crippen LogP) is 3.33. The Morgan fingerprint density at radius 1 is 1.05 bits per heavy atom. The molecule has 4 aromatic rings. The number of nitrogens with one attached hydrogen (secondary N) is 1. The van der Waals surface area contributed by atoms with Crippen molar-refractivity contribution in [2.75, 3.05) is 5.73 Å². The van der Waals surface area contributed by atoms with Crippen molar-refractivity contribution >= 4 is 27.4 Å². The normalized spacial score (nSPS) is 11.0. The molecule has 0 bridgehead atoms. The molecule has 0 amide bonds. The minimum atomic E-state index is 0.697. The van der Waals surface area contributed by atoms with Crippen LogP contribution < -0.4 is 5.73 Å². The van der Waals surface area contributed by atoms with E-state index in [9.17, 15) is 0 Å². The number of nitrogens with two attached hydrogens (primary N) is 1. The number of hydrogen-bond acceptors (Lipinski definition) is 5. The third-order valence-electron chi connectivity index (χ3n) is 3.17. The van der Waals surface area contributed by atoms with E-state index in [2.05, 4.69) is 19.9 Å². The maximum absolute atomic E-state index is 5.77. The van der Waals surface area contributed by atoms with Crippen LogP contribution in [0.25, 0.3) is 33.1 Å². The molecule has 4 rings (SSSR count). The van der Waals surface area contributed by atoms with Crippen molar-refractivity contribution in [3.63, 3.8) is 0 Å². The highest BCUT2D eigenvalue weighted by atomic mass is 32.1. The number of fused-ring (bicyclic) bond motifs is 1. The smallest absolute Gasteiger partial charge is 0.157 e. The van der Waals surface area contributed by atoms with Gasteiger partial charge in [-0.1, -0.05) is 23.5 Å². The summed E-state index contributed by atoms with van der Waals surface area (Å²) < 4.78 is 0. The second kappa shape index (κ2) is 4.68. The first-order valence-electron chi connectivity index (χ1n) is 6.43. The highest BCUT2D eigenvalue weighted by molar-refractivity contribution is 7.18. The Kier molecular flexibility index (Phi) is 2.68. The van der Waals surface area contributed by atoms with Crippen molar-refractivity contribution in [3.05, 3.63) is 48.8 Å². The molecule has 3 N–H and O–H groups in total. The number of nitrogens with zero attached hydrogens (tertiary/aromatic N) is 3. The number of rotatable bonds is 2. The van der Waals surface area contributed by atoms with E-state index in [-0.39, 0.29) is 0 Å². The average Bonchev–Trinajstić information content (AvgIpc) is 3.14. The van der Waals surface area contributed by atoms with Gasteiger partial charge in [-0.2, -0.15) is 0 Å². The van der Waals surface area contributed by atoms with Crippen molar-refractivity contribution in [2.24, 2.45) is 0 Å². The summed E-state index contributed by atoms with van der Waals surface area (Å²) in [6.07, 6.45) is 3.43. The molecule has 0 unspecified atom stereocenters. The Hall–Kier alpha value is -2.73. The molecule has 0 fully saturated rings. The van der Waals surface area contributed by atoms with Crippen LogP contribution in [0.3, 0.4) is 0 Å². The van der Waals surface area contributed by atoms with Crippen molar-refractivity contribution in [3.8, 4) is 22.1 Å². The molecule has 0 saturated heterocycles. The molecule has 6 heteroatoms. The number of benzene rings is 1. The highest BCUT2D eigenvalue weighted by Crippen LogP contribution is 2.32. The molecule has 0 aliphatic heterocycles. The Morgan fingerprint density at radius 3 is 2.76 bits per heavy atom. The largest absolute Gasteiger partial charge is 0.389 e. The molecule has 0 atom stereocenters.